The second kappa shape index (κ2) is 51.5. The minimum Gasteiger partial charge on any atom is -0.466 e. The lowest BCUT2D eigenvalue weighted by Gasteiger charge is -2.20. The Bertz CT molecular complexity index is 1050. The SMILES string of the molecule is CCC/C=C\C/C=C\CCCCCCCC(=O)OCCCCCCCCCCCCC/C=C\CCCCCCCCCC(=O)NC(CO)C(O)/C=C/CCCCCCCCCC. The Kier molecular flexibility index (Phi) is 49.6. The average Bonchev–Trinajstić information content (AvgIpc) is 3.27. The molecule has 0 fully saturated rings. The third-order valence-electron chi connectivity index (χ3n) is 12.0. The number of allylic oxidation sites excluding steroid dienone is 7. The summed E-state index contributed by atoms with van der Waals surface area (Å²) in [6, 6.07) is -0.632. The molecular weight excluding hydrogens is 767 g/mol. The lowest BCUT2D eigenvalue weighted by atomic mass is 10.0. The van der Waals surface area contributed by atoms with E-state index in [9.17, 15) is 19.8 Å². The molecule has 2 atom stereocenters. The standard InChI is InChI=1S/C56H103NO5/c1-3-5-7-9-11-13-15-26-30-34-38-42-46-50-56(61)62-51-47-43-39-35-31-28-25-23-21-19-17-16-18-20-22-24-27-29-33-37-41-45-49-55(60)57-53(52-58)54(59)48-44-40-36-32-14-12-10-8-6-4-2/h7,9,13,15,18,20,44,48,53-54,58-59H,3-6,8,10-12,14,16-17,19,21-43,45-47,49-52H2,1-2H3,(H,57,60)/b9-7-,15-13-,20-18-,48-44+. The van der Waals surface area contributed by atoms with Crippen LogP contribution < -0.4 is 5.32 Å². The van der Waals surface area contributed by atoms with E-state index in [1.807, 2.05) is 6.08 Å². The molecule has 0 saturated carbocycles. The van der Waals surface area contributed by atoms with Crippen molar-refractivity contribution >= 4 is 11.9 Å². The Morgan fingerprint density at radius 2 is 0.839 bits per heavy atom. The van der Waals surface area contributed by atoms with Gasteiger partial charge >= 0.3 is 5.97 Å². The Labute approximate surface area is 385 Å². The monoisotopic (exact) mass is 870 g/mol. The molecule has 0 aromatic rings. The van der Waals surface area contributed by atoms with Crippen LogP contribution in [0, 0.1) is 0 Å². The van der Waals surface area contributed by atoms with Crippen LogP contribution in [0.5, 0.6) is 0 Å². The molecule has 0 heterocycles. The van der Waals surface area contributed by atoms with Gasteiger partial charge in [-0.2, -0.15) is 0 Å². The summed E-state index contributed by atoms with van der Waals surface area (Å²) in [5.74, 6) is -0.0852. The zero-order valence-electron chi connectivity index (χ0n) is 41.1. The number of ether oxygens (including phenoxy) is 1. The van der Waals surface area contributed by atoms with Crippen LogP contribution in [-0.2, 0) is 14.3 Å². The predicted molar refractivity (Wildman–Crippen MR) is 269 cm³/mol. The molecule has 6 heteroatoms. The van der Waals surface area contributed by atoms with Crippen molar-refractivity contribution in [3.05, 3.63) is 48.6 Å². The van der Waals surface area contributed by atoms with Crippen molar-refractivity contribution in [2.75, 3.05) is 13.2 Å². The number of carbonyl (C=O) groups excluding carboxylic acids is 2. The highest BCUT2D eigenvalue weighted by Gasteiger charge is 2.18. The predicted octanol–water partition coefficient (Wildman–Crippen LogP) is 16.2. The van der Waals surface area contributed by atoms with E-state index < -0.39 is 12.1 Å². The van der Waals surface area contributed by atoms with Gasteiger partial charge in [0.2, 0.25) is 5.91 Å². The Hall–Kier alpha value is -2.18. The summed E-state index contributed by atoms with van der Waals surface area (Å²) in [6.45, 7) is 4.80. The zero-order valence-corrected chi connectivity index (χ0v) is 41.1. The molecule has 0 radical (unpaired) electrons. The Morgan fingerprint density at radius 3 is 1.31 bits per heavy atom. The van der Waals surface area contributed by atoms with Crippen molar-refractivity contribution in [1.29, 1.82) is 0 Å². The fourth-order valence-electron chi connectivity index (χ4n) is 7.90. The summed E-state index contributed by atoms with van der Waals surface area (Å²) < 4.78 is 5.46. The summed E-state index contributed by atoms with van der Waals surface area (Å²) in [7, 11) is 0. The number of aliphatic hydroxyl groups is 2. The van der Waals surface area contributed by atoms with E-state index in [1.54, 1.807) is 6.08 Å². The molecule has 0 aliphatic carbocycles. The van der Waals surface area contributed by atoms with Gasteiger partial charge in [-0.05, 0) is 83.5 Å². The number of rotatable bonds is 49. The number of nitrogens with one attached hydrogen (secondary N) is 1. The first kappa shape index (κ1) is 59.8. The number of carbonyl (C=O) groups is 2. The van der Waals surface area contributed by atoms with E-state index in [0.29, 0.717) is 19.4 Å². The van der Waals surface area contributed by atoms with Crippen LogP contribution >= 0.6 is 0 Å². The largest absolute Gasteiger partial charge is 0.466 e. The van der Waals surface area contributed by atoms with Crippen LogP contribution in [0.4, 0.5) is 0 Å². The molecule has 0 aromatic heterocycles. The number of hydrogen-bond donors (Lipinski definition) is 3. The van der Waals surface area contributed by atoms with Crippen LogP contribution in [0.3, 0.4) is 0 Å². The molecule has 0 aromatic carbocycles. The maximum absolute atomic E-state index is 12.4. The van der Waals surface area contributed by atoms with Crippen LogP contribution in [0.1, 0.15) is 271 Å². The fraction of sp³-hybridized carbons (Fsp3) is 0.821. The third kappa shape index (κ3) is 47.3. The quantitative estimate of drug-likeness (QED) is 0.0322. The number of aliphatic hydroxyl groups excluding tert-OH is 2. The van der Waals surface area contributed by atoms with Crippen molar-refractivity contribution in [2.45, 2.75) is 283 Å². The minimum absolute atomic E-state index is 0.00700. The highest BCUT2D eigenvalue weighted by atomic mass is 16.5. The van der Waals surface area contributed by atoms with Gasteiger partial charge in [-0.1, -0.05) is 223 Å². The molecule has 6 nitrogen and oxygen atoms in total. The van der Waals surface area contributed by atoms with Crippen molar-refractivity contribution in [2.24, 2.45) is 0 Å². The molecule has 0 spiro atoms. The Morgan fingerprint density at radius 1 is 0.452 bits per heavy atom. The average molecular weight is 870 g/mol. The first-order valence-corrected chi connectivity index (χ1v) is 26.9. The molecule has 0 rings (SSSR count). The van der Waals surface area contributed by atoms with Crippen molar-refractivity contribution in [3.8, 4) is 0 Å². The number of hydrogen-bond acceptors (Lipinski definition) is 5. The maximum Gasteiger partial charge on any atom is 0.305 e. The first-order valence-electron chi connectivity index (χ1n) is 26.9. The lowest BCUT2D eigenvalue weighted by Crippen LogP contribution is -2.45. The smallest absolute Gasteiger partial charge is 0.305 e. The van der Waals surface area contributed by atoms with Gasteiger partial charge in [0, 0.05) is 12.8 Å². The van der Waals surface area contributed by atoms with Crippen LogP contribution in [-0.4, -0.2) is 47.4 Å². The summed E-state index contributed by atoms with van der Waals surface area (Å²) in [5.41, 5.74) is 0. The lowest BCUT2D eigenvalue weighted by molar-refractivity contribution is -0.143. The number of esters is 1. The van der Waals surface area contributed by atoms with Crippen molar-refractivity contribution in [1.82, 2.24) is 5.32 Å². The Balaban J connectivity index is 3.43. The van der Waals surface area contributed by atoms with Gasteiger partial charge in [-0.3, -0.25) is 9.59 Å². The summed E-state index contributed by atoms with van der Waals surface area (Å²) in [5, 5.41) is 22.9. The van der Waals surface area contributed by atoms with Crippen LogP contribution in [0.25, 0.3) is 0 Å². The van der Waals surface area contributed by atoms with Crippen LogP contribution in [0.15, 0.2) is 48.6 Å². The summed E-state index contributed by atoms with van der Waals surface area (Å²) in [6.07, 6.45) is 64.1. The molecule has 3 N–H and O–H groups in total. The van der Waals surface area contributed by atoms with E-state index >= 15 is 0 Å². The third-order valence-corrected chi connectivity index (χ3v) is 12.0. The normalized spacial score (nSPS) is 13.0. The van der Waals surface area contributed by atoms with E-state index in [1.165, 1.54) is 186 Å². The van der Waals surface area contributed by atoms with E-state index in [4.69, 9.17) is 4.74 Å². The molecule has 0 aliphatic heterocycles. The zero-order chi connectivity index (χ0) is 45.1. The molecule has 62 heavy (non-hydrogen) atoms. The van der Waals surface area contributed by atoms with E-state index in [2.05, 4.69) is 55.6 Å². The minimum atomic E-state index is -0.847. The maximum atomic E-state index is 12.4. The van der Waals surface area contributed by atoms with Gasteiger partial charge in [-0.15, -0.1) is 0 Å². The molecule has 362 valence electrons. The van der Waals surface area contributed by atoms with Gasteiger partial charge in [-0.25, -0.2) is 0 Å². The van der Waals surface area contributed by atoms with Crippen molar-refractivity contribution < 1.29 is 24.5 Å². The number of unbranched alkanes of at least 4 members (excludes halogenated alkanes) is 32. The fourth-order valence-corrected chi connectivity index (χ4v) is 7.90. The van der Waals surface area contributed by atoms with Gasteiger partial charge in [0.05, 0.1) is 25.4 Å². The van der Waals surface area contributed by atoms with Gasteiger partial charge in [0.25, 0.3) is 0 Å². The van der Waals surface area contributed by atoms with E-state index in [-0.39, 0.29) is 18.5 Å². The first-order chi connectivity index (χ1) is 30.5. The number of amides is 1. The second-order valence-corrected chi connectivity index (χ2v) is 18.2. The van der Waals surface area contributed by atoms with E-state index in [0.717, 1.165) is 57.8 Å². The topological polar surface area (TPSA) is 95.9 Å². The van der Waals surface area contributed by atoms with Gasteiger partial charge in [0.1, 0.15) is 0 Å². The second-order valence-electron chi connectivity index (χ2n) is 18.2. The van der Waals surface area contributed by atoms with Gasteiger partial charge in [0.15, 0.2) is 0 Å². The highest BCUT2D eigenvalue weighted by Crippen LogP contribution is 2.15. The molecule has 0 aliphatic rings. The molecule has 0 bridgehead atoms. The summed E-state index contributed by atoms with van der Waals surface area (Å²) >= 11 is 0. The molecule has 2 unspecified atom stereocenters. The van der Waals surface area contributed by atoms with Crippen LogP contribution in [0.2, 0.25) is 0 Å². The molecule has 1 amide bonds. The van der Waals surface area contributed by atoms with Crippen molar-refractivity contribution in [3.63, 3.8) is 0 Å². The molecule has 0 saturated heterocycles. The molecular formula is C56H103NO5. The summed E-state index contributed by atoms with van der Waals surface area (Å²) in [4.78, 5) is 24.4. The van der Waals surface area contributed by atoms with Gasteiger partial charge < -0.3 is 20.3 Å². The highest BCUT2D eigenvalue weighted by molar-refractivity contribution is 5.76.